The molecule has 14 heavy (non-hydrogen) atoms. The topological polar surface area (TPSA) is 36.7 Å². The van der Waals surface area contributed by atoms with E-state index in [1.807, 2.05) is 0 Å². The molecule has 1 aromatic rings. The van der Waals surface area contributed by atoms with E-state index in [1.54, 1.807) is 12.3 Å². The number of aromatic nitrogens is 1. The highest BCUT2D eigenvalue weighted by Crippen LogP contribution is 2.14. The second kappa shape index (κ2) is 4.97. The maximum absolute atomic E-state index is 8.93. The zero-order chi connectivity index (χ0) is 10.6. The summed E-state index contributed by atoms with van der Waals surface area (Å²) in [6.45, 7) is 4.24. The van der Waals surface area contributed by atoms with E-state index in [0.29, 0.717) is 17.4 Å². The lowest BCUT2D eigenvalue weighted by atomic mass is 10.0. The average Bonchev–Trinajstić information content (AvgIpc) is 2.17. The predicted molar refractivity (Wildman–Crippen MR) is 57.1 cm³/mol. The van der Waals surface area contributed by atoms with Crippen LogP contribution in [0.1, 0.15) is 30.7 Å². The molecule has 1 heterocycles. The molecule has 0 N–H and O–H groups in total. The van der Waals surface area contributed by atoms with Gasteiger partial charge in [0.15, 0.2) is 0 Å². The lowest BCUT2D eigenvalue weighted by Gasteiger charge is -2.07. The van der Waals surface area contributed by atoms with Crippen molar-refractivity contribution < 1.29 is 0 Å². The normalized spacial score (nSPS) is 10.2. The van der Waals surface area contributed by atoms with E-state index in [-0.39, 0.29) is 0 Å². The first kappa shape index (κ1) is 11.0. The molecule has 0 saturated carbocycles. The first-order chi connectivity index (χ1) is 6.67. The molecule has 0 amide bonds. The molecule has 0 spiro atoms. The fourth-order valence-electron chi connectivity index (χ4n) is 1.31. The van der Waals surface area contributed by atoms with Crippen LogP contribution >= 0.6 is 11.6 Å². The number of hydrogen-bond donors (Lipinski definition) is 0. The van der Waals surface area contributed by atoms with Crippen molar-refractivity contribution in [3.63, 3.8) is 0 Å². The van der Waals surface area contributed by atoms with Crippen LogP contribution in [0.4, 0.5) is 0 Å². The number of pyridine rings is 1. The first-order valence-electron chi connectivity index (χ1n) is 4.61. The van der Waals surface area contributed by atoms with Crippen LogP contribution in [-0.2, 0) is 12.3 Å². The second-order valence-corrected chi connectivity index (χ2v) is 3.94. The zero-order valence-corrected chi connectivity index (χ0v) is 9.17. The van der Waals surface area contributed by atoms with Crippen molar-refractivity contribution in [1.82, 2.24) is 4.98 Å². The third-order valence-corrected chi connectivity index (χ3v) is 2.20. The van der Waals surface area contributed by atoms with Gasteiger partial charge in [-0.05, 0) is 24.0 Å². The monoisotopic (exact) mass is 208 g/mol. The van der Waals surface area contributed by atoms with Gasteiger partial charge in [-0.3, -0.25) is 4.98 Å². The molecule has 0 unspecified atom stereocenters. The minimum atomic E-state index is 0.358. The molecule has 0 atom stereocenters. The van der Waals surface area contributed by atoms with Gasteiger partial charge in [0.25, 0.3) is 0 Å². The number of nitrogens with zero attached hydrogens (tertiary/aromatic N) is 2. The van der Waals surface area contributed by atoms with Crippen LogP contribution in [-0.4, -0.2) is 4.98 Å². The summed E-state index contributed by atoms with van der Waals surface area (Å²) in [7, 11) is 0. The smallest absolute Gasteiger partial charge is 0.0995 e. The number of alkyl halides is 1. The Morgan fingerprint density at radius 3 is 2.79 bits per heavy atom. The summed E-state index contributed by atoms with van der Waals surface area (Å²) in [6, 6.07) is 3.95. The summed E-state index contributed by atoms with van der Waals surface area (Å²) < 4.78 is 0. The fraction of sp³-hybridized carbons (Fsp3) is 0.455. The molecule has 74 valence electrons. The first-order valence-corrected chi connectivity index (χ1v) is 5.14. The van der Waals surface area contributed by atoms with Crippen molar-refractivity contribution in [3.8, 4) is 6.07 Å². The Morgan fingerprint density at radius 1 is 1.57 bits per heavy atom. The molecule has 3 heteroatoms. The van der Waals surface area contributed by atoms with Crippen LogP contribution in [0.15, 0.2) is 12.3 Å². The van der Waals surface area contributed by atoms with Crippen LogP contribution in [0.25, 0.3) is 0 Å². The molecule has 1 aromatic heterocycles. The molecule has 0 aliphatic rings. The summed E-state index contributed by atoms with van der Waals surface area (Å²) in [6.07, 6.45) is 2.65. The van der Waals surface area contributed by atoms with E-state index in [0.717, 1.165) is 17.7 Å². The Balaban J connectivity index is 3.01. The fourth-order valence-corrected chi connectivity index (χ4v) is 1.45. The molecule has 0 fully saturated rings. The number of halogens is 1. The molecule has 0 aliphatic carbocycles. The zero-order valence-electron chi connectivity index (χ0n) is 8.42. The molecule has 0 aromatic carbocycles. The van der Waals surface area contributed by atoms with Gasteiger partial charge in [-0.1, -0.05) is 13.8 Å². The Kier molecular flexibility index (Phi) is 3.91. The quantitative estimate of drug-likeness (QED) is 0.717. The van der Waals surface area contributed by atoms with Gasteiger partial charge < -0.3 is 0 Å². The van der Waals surface area contributed by atoms with E-state index in [4.69, 9.17) is 16.9 Å². The van der Waals surface area contributed by atoms with Crippen molar-refractivity contribution in [2.45, 2.75) is 26.1 Å². The molecule has 0 bridgehead atoms. The molecular formula is C11H13ClN2. The predicted octanol–water partition coefficient (Wildman–Crippen LogP) is 2.89. The molecule has 1 rings (SSSR count). The van der Waals surface area contributed by atoms with Gasteiger partial charge >= 0.3 is 0 Å². The second-order valence-electron chi connectivity index (χ2n) is 3.68. The molecular weight excluding hydrogens is 196 g/mol. The van der Waals surface area contributed by atoms with Gasteiger partial charge in [0.05, 0.1) is 23.2 Å². The summed E-state index contributed by atoms with van der Waals surface area (Å²) in [4.78, 5) is 4.18. The molecule has 2 nitrogen and oxygen atoms in total. The average molecular weight is 209 g/mol. The minimum Gasteiger partial charge on any atom is -0.260 e. The Bertz CT molecular complexity index is 353. The van der Waals surface area contributed by atoms with Gasteiger partial charge in [0, 0.05) is 6.20 Å². The number of rotatable bonds is 3. The highest BCUT2D eigenvalue weighted by Gasteiger charge is 2.06. The largest absolute Gasteiger partial charge is 0.260 e. The lowest BCUT2D eigenvalue weighted by molar-refractivity contribution is 0.644. The lowest BCUT2D eigenvalue weighted by Crippen LogP contribution is -2.00. The standard InChI is InChI=1S/C11H13ClN2/c1-8(2)3-10-7-14-11(5-12)4-9(10)6-13/h4,7-8H,3,5H2,1-2H3. The molecule has 0 radical (unpaired) electrons. The van der Waals surface area contributed by atoms with Crippen LogP contribution in [0.2, 0.25) is 0 Å². The Morgan fingerprint density at radius 2 is 2.29 bits per heavy atom. The van der Waals surface area contributed by atoms with E-state index < -0.39 is 0 Å². The van der Waals surface area contributed by atoms with E-state index >= 15 is 0 Å². The number of hydrogen-bond acceptors (Lipinski definition) is 2. The summed E-state index contributed by atoms with van der Waals surface area (Å²) in [5, 5.41) is 8.93. The maximum Gasteiger partial charge on any atom is 0.0995 e. The highest BCUT2D eigenvalue weighted by molar-refractivity contribution is 6.16. The van der Waals surface area contributed by atoms with Crippen LogP contribution in [0.5, 0.6) is 0 Å². The summed E-state index contributed by atoms with van der Waals surface area (Å²) in [5.41, 5.74) is 2.47. The Hall–Kier alpha value is -1.07. The van der Waals surface area contributed by atoms with Crippen molar-refractivity contribution in [3.05, 3.63) is 29.1 Å². The summed E-state index contributed by atoms with van der Waals surface area (Å²) >= 11 is 5.64. The maximum atomic E-state index is 8.93. The van der Waals surface area contributed by atoms with Crippen molar-refractivity contribution in [1.29, 1.82) is 5.26 Å². The third-order valence-electron chi connectivity index (χ3n) is 1.93. The van der Waals surface area contributed by atoms with Crippen molar-refractivity contribution >= 4 is 11.6 Å². The number of nitriles is 1. The highest BCUT2D eigenvalue weighted by atomic mass is 35.5. The SMILES string of the molecule is CC(C)Cc1cnc(CCl)cc1C#N. The van der Waals surface area contributed by atoms with E-state index in [1.165, 1.54) is 0 Å². The van der Waals surface area contributed by atoms with Gasteiger partial charge in [-0.2, -0.15) is 5.26 Å². The van der Waals surface area contributed by atoms with Crippen molar-refractivity contribution in [2.24, 2.45) is 5.92 Å². The van der Waals surface area contributed by atoms with Crippen LogP contribution < -0.4 is 0 Å². The summed E-state index contributed by atoms with van der Waals surface area (Å²) in [5.74, 6) is 0.891. The van der Waals surface area contributed by atoms with Crippen LogP contribution in [0, 0.1) is 17.2 Å². The van der Waals surface area contributed by atoms with Gasteiger partial charge in [-0.15, -0.1) is 11.6 Å². The van der Waals surface area contributed by atoms with Gasteiger partial charge in [0.2, 0.25) is 0 Å². The Labute approximate surface area is 89.5 Å². The van der Waals surface area contributed by atoms with E-state index in [2.05, 4.69) is 24.9 Å². The minimum absolute atomic E-state index is 0.358. The van der Waals surface area contributed by atoms with Gasteiger partial charge in [-0.25, -0.2) is 0 Å². The van der Waals surface area contributed by atoms with Gasteiger partial charge in [0.1, 0.15) is 0 Å². The third kappa shape index (κ3) is 2.71. The molecule has 0 aliphatic heterocycles. The van der Waals surface area contributed by atoms with Crippen molar-refractivity contribution in [2.75, 3.05) is 0 Å². The van der Waals surface area contributed by atoms with E-state index in [9.17, 15) is 0 Å². The van der Waals surface area contributed by atoms with Crippen LogP contribution in [0.3, 0.4) is 0 Å². The molecule has 0 saturated heterocycles.